The third-order valence-corrected chi connectivity index (χ3v) is 3.63. The van der Waals surface area contributed by atoms with Gasteiger partial charge in [0, 0.05) is 11.1 Å². The summed E-state index contributed by atoms with van der Waals surface area (Å²) in [7, 11) is 0. The lowest BCUT2D eigenvalue weighted by molar-refractivity contribution is 0.469. The Balaban J connectivity index is 0.00000261. The highest BCUT2D eigenvalue weighted by Crippen LogP contribution is 2.27. The van der Waals surface area contributed by atoms with Gasteiger partial charge in [0.15, 0.2) is 0 Å². The molecule has 0 fully saturated rings. The summed E-state index contributed by atoms with van der Waals surface area (Å²) in [5, 5.41) is 14.8. The Hall–Kier alpha value is -3.51. The van der Waals surface area contributed by atoms with Crippen LogP contribution in [0.15, 0.2) is 72.8 Å². The minimum absolute atomic E-state index is 0. The van der Waals surface area contributed by atoms with E-state index in [0.717, 1.165) is 0 Å². The number of nitrogens with one attached hydrogen (secondary N) is 2. The second-order valence-corrected chi connectivity index (χ2v) is 5.55. The van der Waals surface area contributed by atoms with E-state index in [9.17, 15) is 0 Å². The first-order valence-electron chi connectivity index (χ1n) is 7.86. The molecular weight excluding hydrogens is 364 g/mol. The lowest BCUT2D eigenvalue weighted by Crippen LogP contribution is -2.10. The molecule has 0 unspecified atom stereocenters. The summed E-state index contributed by atoms with van der Waals surface area (Å²) in [6.45, 7) is 0. The van der Waals surface area contributed by atoms with Crippen LogP contribution in [-0.2, 0) is 0 Å². The number of nitrogens with two attached hydrogens (primary N) is 2. The zero-order valence-electron chi connectivity index (χ0n) is 14.3. The minimum atomic E-state index is 0. The summed E-state index contributed by atoms with van der Waals surface area (Å²) >= 11 is 0. The minimum Gasteiger partial charge on any atom is -0.457 e. The van der Waals surface area contributed by atoms with E-state index in [1.54, 1.807) is 72.8 Å². The first kappa shape index (κ1) is 19.8. The van der Waals surface area contributed by atoms with Gasteiger partial charge in [0.25, 0.3) is 0 Å². The van der Waals surface area contributed by atoms with E-state index in [1.807, 2.05) is 0 Å². The highest BCUT2D eigenvalue weighted by atomic mass is 35.5. The molecule has 3 aromatic carbocycles. The summed E-state index contributed by atoms with van der Waals surface area (Å²) in [6.07, 6.45) is 0. The quantitative estimate of drug-likeness (QED) is 0.376. The van der Waals surface area contributed by atoms with Crippen LogP contribution >= 0.6 is 12.4 Å². The van der Waals surface area contributed by atoms with E-state index in [2.05, 4.69) is 0 Å². The topological polar surface area (TPSA) is 118 Å². The lowest BCUT2D eigenvalue weighted by atomic mass is 10.2. The van der Waals surface area contributed by atoms with Gasteiger partial charge in [-0.05, 0) is 72.8 Å². The van der Waals surface area contributed by atoms with Crippen LogP contribution in [0.1, 0.15) is 11.1 Å². The number of rotatable bonds is 6. The summed E-state index contributed by atoms with van der Waals surface area (Å²) in [5.41, 5.74) is 12.2. The third-order valence-electron chi connectivity index (χ3n) is 3.63. The van der Waals surface area contributed by atoms with Crippen LogP contribution < -0.4 is 20.9 Å². The first-order chi connectivity index (χ1) is 12.5. The Kier molecular flexibility index (Phi) is 6.41. The maximum absolute atomic E-state index is 7.38. The standard InChI is InChI=1S/C20H18N4O2.ClH/c21-19(22)13-1-5-15(6-2-13)25-17-9-11-18(12-10-17)26-16-7-3-14(4-8-16)20(23)24;/h1-12H,(H3,21,22)(H3,23,24);1H. The number of hydrogen-bond acceptors (Lipinski definition) is 4. The van der Waals surface area contributed by atoms with Gasteiger partial charge in [-0.25, -0.2) is 0 Å². The molecule has 3 aromatic rings. The molecule has 0 atom stereocenters. The van der Waals surface area contributed by atoms with Crippen LogP contribution in [0.2, 0.25) is 0 Å². The van der Waals surface area contributed by atoms with Crippen molar-refractivity contribution in [1.82, 2.24) is 0 Å². The fourth-order valence-corrected chi connectivity index (χ4v) is 2.25. The first-order valence-corrected chi connectivity index (χ1v) is 7.86. The molecular formula is C20H19ClN4O2. The van der Waals surface area contributed by atoms with Crippen LogP contribution in [0.4, 0.5) is 0 Å². The van der Waals surface area contributed by atoms with E-state index in [-0.39, 0.29) is 24.1 Å². The van der Waals surface area contributed by atoms with Gasteiger partial charge in [0.2, 0.25) is 0 Å². The molecule has 0 bridgehead atoms. The molecule has 0 spiro atoms. The summed E-state index contributed by atoms with van der Waals surface area (Å²) in [4.78, 5) is 0. The number of benzene rings is 3. The van der Waals surface area contributed by atoms with Crippen molar-refractivity contribution in [2.45, 2.75) is 0 Å². The molecule has 138 valence electrons. The van der Waals surface area contributed by atoms with E-state index in [0.29, 0.717) is 34.1 Å². The van der Waals surface area contributed by atoms with Crippen molar-refractivity contribution in [2.75, 3.05) is 0 Å². The average Bonchev–Trinajstić information content (AvgIpc) is 2.64. The summed E-state index contributed by atoms with van der Waals surface area (Å²) in [6, 6.07) is 21.2. The monoisotopic (exact) mass is 382 g/mol. The summed E-state index contributed by atoms with van der Waals surface area (Å²) < 4.78 is 11.5. The highest BCUT2D eigenvalue weighted by Gasteiger charge is 2.02. The Labute approximate surface area is 163 Å². The average molecular weight is 383 g/mol. The zero-order chi connectivity index (χ0) is 18.5. The molecule has 27 heavy (non-hydrogen) atoms. The van der Waals surface area contributed by atoms with Crippen LogP contribution in [0.3, 0.4) is 0 Å². The molecule has 0 radical (unpaired) electrons. The Morgan fingerprint density at radius 1 is 0.519 bits per heavy atom. The Bertz CT molecular complexity index is 845. The molecule has 0 heterocycles. The van der Waals surface area contributed by atoms with Crippen molar-refractivity contribution in [3.8, 4) is 23.0 Å². The number of ether oxygens (including phenoxy) is 2. The van der Waals surface area contributed by atoms with Crippen LogP contribution in [0.25, 0.3) is 0 Å². The van der Waals surface area contributed by atoms with Crippen molar-refractivity contribution < 1.29 is 9.47 Å². The van der Waals surface area contributed by atoms with Gasteiger partial charge in [-0.1, -0.05) is 0 Å². The van der Waals surface area contributed by atoms with Gasteiger partial charge >= 0.3 is 0 Å². The SMILES string of the molecule is Cl.N=C(N)c1ccc(Oc2ccc(Oc3ccc(C(=N)N)cc3)cc2)cc1. The molecule has 0 aliphatic heterocycles. The fraction of sp³-hybridized carbons (Fsp3) is 0. The molecule has 6 N–H and O–H groups in total. The third kappa shape index (κ3) is 5.23. The normalized spacial score (nSPS) is 9.78. The predicted molar refractivity (Wildman–Crippen MR) is 109 cm³/mol. The Morgan fingerprint density at radius 3 is 0.963 bits per heavy atom. The molecule has 0 amide bonds. The van der Waals surface area contributed by atoms with Gasteiger partial charge in [0.05, 0.1) is 0 Å². The van der Waals surface area contributed by atoms with Crippen LogP contribution in [-0.4, -0.2) is 11.7 Å². The largest absolute Gasteiger partial charge is 0.457 e. The van der Waals surface area contributed by atoms with Gasteiger partial charge < -0.3 is 20.9 Å². The van der Waals surface area contributed by atoms with Gasteiger partial charge in [-0.15, -0.1) is 12.4 Å². The lowest BCUT2D eigenvalue weighted by Gasteiger charge is -2.09. The highest BCUT2D eigenvalue weighted by molar-refractivity contribution is 5.95. The van der Waals surface area contributed by atoms with E-state index in [4.69, 9.17) is 31.8 Å². The van der Waals surface area contributed by atoms with Crippen LogP contribution in [0, 0.1) is 10.8 Å². The molecule has 0 aromatic heterocycles. The van der Waals surface area contributed by atoms with Crippen molar-refractivity contribution in [1.29, 1.82) is 10.8 Å². The molecule has 0 aliphatic rings. The maximum atomic E-state index is 7.38. The Morgan fingerprint density at radius 2 is 0.741 bits per heavy atom. The molecule has 0 saturated heterocycles. The second-order valence-electron chi connectivity index (χ2n) is 5.55. The van der Waals surface area contributed by atoms with Crippen molar-refractivity contribution in [3.05, 3.63) is 83.9 Å². The molecule has 0 aliphatic carbocycles. The maximum Gasteiger partial charge on any atom is 0.127 e. The summed E-state index contributed by atoms with van der Waals surface area (Å²) in [5.74, 6) is 2.69. The van der Waals surface area contributed by atoms with Gasteiger partial charge in [-0.3, -0.25) is 10.8 Å². The smallest absolute Gasteiger partial charge is 0.127 e. The van der Waals surface area contributed by atoms with Crippen molar-refractivity contribution >= 4 is 24.1 Å². The number of nitrogen functional groups attached to an aromatic ring is 2. The van der Waals surface area contributed by atoms with Crippen molar-refractivity contribution in [3.63, 3.8) is 0 Å². The van der Waals surface area contributed by atoms with Gasteiger partial charge in [-0.2, -0.15) is 0 Å². The molecule has 6 nitrogen and oxygen atoms in total. The molecule has 7 heteroatoms. The van der Waals surface area contributed by atoms with Crippen LogP contribution in [0.5, 0.6) is 23.0 Å². The number of amidine groups is 2. The van der Waals surface area contributed by atoms with E-state index < -0.39 is 0 Å². The number of halogens is 1. The van der Waals surface area contributed by atoms with Gasteiger partial charge in [0.1, 0.15) is 34.7 Å². The molecule has 3 rings (SSSR count). The van der Waals surface area contributed by atoms with Crippen molar-refractivity contribution in [2.24, 2.45) is 11.5 Å². The van der Waals surface area contributed by atoms with E-state index in [1.165, 1.54) is 0 Å². The molecule has 0 saturated carbocycles. The predicted octanol–water partition coefficient (Wildman–Crippen LogP) is 4.26. The zero-order valence-corrected chi connectivity index (χ0v) is 15.1. The fourth-order valence-electron chi connectivity index (χ4n) is 2.25. The second kappa shape index (κ2) is 8.73. The van der Waals surface area contributed by atoms with E-state index >= 15 is 0 Å². The number of hydrogen-bond donors (Lipinski definition) is 4.